The van der Waals surface area contributed by atoms with Gasteiger partial charge in [-0.1, -0.05) is 12.1 Å². The summed E-state index contributed by atoms with van der Waals surface area (Å²) in [5.41, 5.74) is 1.68. The molecule has 1 aliphatic heterocycles. The highest BCUT2D eigenvalue weighted by molar-refractivity contribution is 14.0. The van der Waals surface area contributed by atoms with Crippen LogP contribution in [0.4, 0.5) is 10.3 Å². The van der Waals surface area contributed by atoms with Gasteiger partial charge in [-0.05, 0) is 30.2 Å². The van der Waals surface area contributed by atoms with Crippen LogP contribution < -0.4 is 15.5 Å². The van der Waals surface area contributed by atoms with Gasteiger partial charge in [-0.25, -0.2) is 14.4 Å². The molecular weight excluding hydrogens is 484 g/mol. The Morgan fingerprint density at radius 3 is 2.52 bits per heavy atom. The first-order valence-corrected chi connectivity index (χ1v) is 9.59. The van der Waals surface area contributed by atoms with E-state index < -0.39 is 0 Å². The van der Waals surface area contributed by atoms with Crippen LogP contribution in [0.25, 0.3) is 0 Å². The summed E-state index contributed by atoms with van der Waals surface area (Å²) < 4.78 is 13.4. The molecule has 1 aromatic heterocycles. The monoisotopic (exact) mass is 513 g/mol. The molecule has 1 aromatic carbocycles. The molecule has 0 unspecified atom stereocenters. The molecule has 0 aliphatic carbocycles. The quantitative estimate of drug-likeness (QED) is 0.350. The van der Waals surface area contributed by atoms with Gasteiger partial charge in [0.1, 0.15) is 5.82 Å². The maximum atomic E-state index is 13.4. The molecule has 2 aromatic rings. The van der Waals surface area contributed by atoms with Crippen LogP contribution in [-0.4, -0.2) is 67.1 Å². The second-order valence-corrected chi connectivity index (χ2v) is 6.81. The van der Waals surface area contributed by atoms with Gasteiger partial charge < -0.3 is 15.5 Å². The van der Waals surface area contributed by atoms with Crippen LogP contribution in [0.1, 0.15) is 11.1 Å². The maximum Gasteiger partial charge on any atom is 0.225 e. The number of aliphatic imine (C=N–C) groups is 1. The van der Waals surface area contributed by atoms with Crippen molar-refractivity contribution in [1.29, 1.82) is 0 Å². The fourth-order valence-corrected chi connectivity index (χ4v) is 3.18. The number of anilines is 1. The Morgan fingerprint density at radius 2 is 1.86 bits per heavy atom. The van der Waals surface area contributed by atoms with Gasteiger partial charge >= 0.3 is 0 Å². The lowest BCUT2D eigenvalue weighted by atomic mass is 10.1. The van der Waals surface area contributed by atoms with Gasteiger partial charge in [-0.3, -0.25) is 9.89 Å². The lowest BCUT2D eigenvalue weighted by Crippen LogP contribution is -2.49. The number of guanidine groups is 1. The third kappa shape index (κ3) is 7.07. The van der Waals surface area contributed by atoms with Gasteiger partial charge in [0, 0.05) is 65.3 Å². The number of hydrogen-bond acceptors (Lipinski definition) is 5. The van der Waals surface area contributed by atoms with Gasteiger partial charge in [0.15, 0.2) is 5.96 Å². The van der Waals surface area contributed by atoms with E-state index in [0.29, 0.717) is 12.1 Å². The van der Waals surface area contributed by atoms with Crippen molar-refractivity contribution < 1.29 is 4.39 Å². The SMILES string of the molecule is CN=C(NCCN1CCN(c2ncccn2)CC1)NCc1ccc(F)c(C)c1.I. The molecule has 0 atom stereocenters. The standard InChI is InChI=1S/C20H28FN7.HI/c1-16-14-17(4-5-18(16)21)15-26-19(22-2)23-8-9-27-10-12-28(13-11-27)20-24-6-3-7-25-20;/h3-7,14H,8-13,15H2,1-2H3,(H2,22,23,26);1H. The third-order valence-electron chi connectivity index (χ3n) is 4.83. The summed E-state index contributed by atoms with van der Waals surface area (Å²) in [5, 5.41) is 6.61. The minimum atomic E-state index is -0.176. The molecule has 29 heavy (non-hydrogen) atoms. The number of nitrogens with zero attached hydrogens (tertiary/aromatic N) is 5. The molecule has 0 saturated carbocycles. The lowest BCUT2D eigenvalue weighted by molar-refractivity contribution is 0.260. The van der Waals surface area contributed by atoms with Crippen molar-refractivity contribution in [3.63, 3.8) is 0 Å². The van der Waals surface area contributed by atoms with E-state index in [9.17, 15) is 4.39 Å². The van der Waals surface area contributed by atoms with Gasteiger partial charge in [-0.2, -0.15) is 0 Å². The molecule has 0 amide bonds. The molecule has 2 N–H and O–H groups in total. The number of aromatic nitrogens is 2. The zero-order valence-electron chi connectivity index (χ0n) is 16.9. The Bertz CT molecular complexity index is 780. The largest absolute Gasteiger partial charge is 0.355 e. The number of nitrogens with one attached hydrogen (secondary N) is 2. The average Bonchev–Trinajstić information content (AvgIpc) is 2.74. The van der Waals surface area contributed by atoms with Gasteiger partial charge in [0.25, 0.3) is 0 Å². The molecule has 158 valence electrons. The van der Waals surface area contributed by atoms with Crippen LogP contribution in [0.5, 0.6) is 0 Å². The molecule has 0 radical (unpaired) electrons. The second kappa shape index (κ2) is 11.9. The molecule has 1 aliphatic rings. The van der Waals surface area contributed by atoms with Crippen molar-refractivity contribution >= 4 is 35.9 Å². The predicted octanol–water partition coefficient (Wildman–Crippen LogP) is 2.03. The smallest absolute Gasteiger partial charge is 0.225 e. The Labute approximate surface area is 188 Å². The molecule has 1 saturated heterocycles. The van der Waals surface area contributed by atoms with E-state index in [0.717, 1.165) is 56.7 Å². The molecular formula is C20H29FIN7. The summed E-state index contributed by atoms with van der Waals surface area (Å²) in [4.78, 5) is 17.5. The molecule has 1 fully saturated rings. The first-order valence-electron chi connectivity index (χ1n) is 9.59. The summed E-state index contributed by atoms with van der Waals surface area (Å²) in [5.74, 6) is 1.38. The first-order chi connectivity index (χ1) is 13.7. The summed E-state index contributed by atoms with van der Waals surface area (Å²) in [6.07, 6.45) is 3.56. The van der Waals surface area contributed by atoms with Crippen molar-refractivity contribution in [2.24, 2.45) is 4.99 Å². The second-order valence-electron chi connectivity index (χ2n) is 6.81. The maximum absolute atomic E-state index is 13.4. The molecule has 0 spiro atoms. The van der Waals surface area contributed by atoms with Gasteiger partial charge in [0.2, 0.25) is 5.95 Å². The van der Waals surface area contributed by atoms with Gasteiger partial charge in [0.05, 0.1) is 0 Å². The fraction of sp³-hybridized carbons (Fsp3) is 0.450. The number of rotatable bonds is 6. The fourth-order valence-electron chi connectivity index (χ4n) is 3.18. The first kappa shape index (κ1) is 23.3. The van der Waals surface area contributed by atoms with Gasteiger partial charge in [-0.15, -0.1) is 24.0 Å². The van der Waals surface area contributed by atoms with Crippen LogP contribution in [0.15, 0.2) is 41.7 Å². The number of halogens is 2. The van der Waals surface area contributed by atoms with Crippen LogP contribution in [0.2, 0.25) is 0 Å². The summed E-state index contributed by atoms with van der Waals surface area (Å²) in [6, 6.07) is 6.98. The summed E-state index contributed by atoms with van der Waals surface area (Å²) in [7, 11) is 1.75. The van der Waals surface area contributed by atoms with Crippen LogP contribution in [0, 0.1) is 12.7 Å². The van der Waals surface area contributed by atoms with E-state index in [4.69, 9.17) is 0 Å². The molecule has 9 heteroatoms. The lowest BCUT2D eigenvalue weighted by Gasteiger charge is -2.34. The van der Waals surface area contributed by atoms with Crippen molar-refractivity contribution in [2.45, 2.75) is 13.5 Å². The zero-order chi connectivity index (χ0) is 19.8. The zero-order valence-corrected chi connectivity index (χ0v) is 19.3. The topological polar surface area (TPSA) is 68.7 Å². The summed E-state index contributed by atoms with van der Waals surface area (Å²) >= 11 is 0. The molecule has 3 rings (SSSR count). The van der Waals surface area contributed by atoms with E-state index in [2.05, 4.69) is 35.4 Å². The minimum absolute atomic E-state index is 0. The highest BCUT2D eigenvalue weighted by Gasteiger charge is 2.18. The molecule has 7 nitrogen and oxygen atoms in total. The van der Waals surface area contributed by atoms with E-state index in [1.165, 1.54) is 6.07 Å². The highest BCUT2D eigenvalue weighted by Crippen LogP contribution is 2.10. The number of piperazine rings is 1. The Hall–Kier alpha value is -2.01. The van der Waals surface area contributed by atoms with Crippen molar-refractivity contribution in [1.82, 2.24) is 25.5 Å². The average molecular weight is 513 g/mol. The molecule has 0 bridgehead atoms. The van der Waals surface area contributed by atoms with E-state index in [1.807, 2.05) is 12.1 Å². The van der Waals surface area contributed by atoms with E-state index in [1.54, 1.807) is 32.4 Å². The van der Waals surface area contributed by atoms with Crippen LogP contribution >= 0.6 is 24.0 Å². The molecule has 2 heterocycles. The van der Waals surface area contributed by atoms with Crippen LogP contribution in [0.3, 0.4) is 0 Å². The van der Waals surface area contributed by atoms with Crippen molar-refractivity contribution in [3.8, 4) is 0 Å². The predicted molar refractivity (Wildman–Crippen MR) is 125 cm³/mol. The van der Waals surface area contributed by atoms with Crippen LogP contribution in [-0.2, 0) is 6.54 Å². The summed E-state index contributed by atoms with van der Waals surface area (Å²) in [6.45, 7) is 7.97. The Kier molecular flexibility index (Phi) is 9.52. The highest BCUT2D eigenvalue weighted by atomic mass is 127. The Morgan fingerprint density at radius 1 is 1.14 bits per heavy atom. The third-order valence-corrected chi connectivity index (χ3v) is 4.83. The minimum Gasteiger partial charge on any atom is -0.355 e. The number of hydrogen-bond donors (Lipinski definition) is 2. The van der Waals surface area contributed by atoms with E-state index >= 15 is 0 Å². The normalized spacial score (nSPS) is 15.0. The van der Waals surface area contributed by atoms with Crippen molar-refractivity contribution in [2.75, 3.05) is 51.2 Å². The van der Waals surface area contributed by atoms with E-state index in [-0.39, 0.29) is 29.8 Å². The van der Waals surface area contributed by atoms with Crippen molar-refractivity contribution in [3.05, 3.63) is 53.6 Å². The number of aryl methyl sites for hydroxylation is 1. The number of benzene rings is 1. The Balaban J connectivity index is 0.00000300.